The summed E-state index contributed by atoms with van der Waals surface area (Å²) < 4.78 is 0. The van der Waals surface area contributed by atoms with E-state index in [1.165, 1.54) is 24.0 Å². The van der Waals surface area contributed by atoms with Crippen LogP contribution in [0.5, 0.6) is 0 Å². The van der Waals surface area contributed by atoms with E-state index in [9.17, 15) is 0 Å². The number of nitrogens with one attached hydrogen (secondary N) is 1. The molecule has 0 saturated heterocycles. The van der Waals surface area contributed by atoms with Gasteiger partial charge in [-0.2, -0.15) is 0 Å². The number of fused-ring (bicyclic) bond motifs is 1. The Morgan fingerprint density at radius 1 is 1.00 bits per heavy atom. The zero-order chi connectivity index (χ0) is 14.7. The Morgan fingerprint density at radius 3 is 2.24 bits per heavy atom. The molecule has 3 rings (SSSR count). The Balaban J connectivity index is 1.76. The molecule has 0 heterocycles. The van der Waals surface area contributed by atoms with Crippen molar-refractivity contribution in [3.63, 3.8) is 0 Å². The molecule has 1 aliphatic rings. The van der Waals surface area contributed by atoms with Crippen LogP contribution in [-0.4, -0.2) is 12.6 Å². The summed E-state index contributed by atoms with van der Waals surface area (Å²) >= 11 is 0. The molecular formula is C20H25N. The summed E-state index contributed by atoms with van der Waals surface area (Å²) in [5, 5.41) is 3.74. The summed E-state index contributed by atoms with van der Waals surface area (Å²) in [5.74, 6) is 0.724. The van der Waals surface area contributed by atoms with Gasteiger partial charge in [0.1, 0.15) is 0 Å². The molecule has 0 fully saturated rings. The Morgan fingerprint density at radius 2 is 1.62 bits per heavy atom. The van der Waals surface area contributed by atoms with Crippen LogP contribution in [0.4, 0.5) is 0 Å². The summed E-state index contributed by atoms with van der Waals surface area (Å²) in [6.45, 7) is 5.48. The zero-order valence-electron chi connectivity index (χ0n) is 13.1. The molecule has 1 nitrogen and oxygen atoms in total. The van der Waals surface area contributed by atoms with E-state index < -0.39 is 0 Å². The van der Waals surface area contributed by atoms with Gasteiger partial charge in [-0.15, -0.1) is 0 Å². The highest BCUT2D eigenvalue weighted by atomic mass is 14.9. The first kappa shape index (κ1) is 14.3. The van der Waals surface area contributed by atoms with Crippen molar-refractivity contribution in [3.05, 3.63) is 70.8 Å². The molecule has 1 aliphatic carbocycles. The Bertz CT molecular complexity index is 577. The van der Waals surface area contributed by atoms with E-state index >= 15 is 0 Å². The van der Waals surface area contributed by atoms with Crippen LogP contribution in [-0.2, 0) is 19.3 Å². The van der Waals surface area contributed by atoms with E-state index in [-0.39, 0.29) is 0 Å². The van der Waals surface area contributed by atoms with Crippen molar-refractivity contribution in [2.45, 2.75) is 39.2 Å². The predicted octanol–water partition coefficient (Wildman–Crippen LogP) is 3.93. The third-order valence-electron chi connectivity index (χ3n) is 4.82. The number of hydrogen-bond acceptors (Lipinski definition) is 1. The first-order chi connectivity index (χ1) is 10.3. The molecule has 110 valence electrons. The van der Waals surface area contributed by atoms with E-state index in [1.54, 1.807) is 11.1 Å². The molecule has 0 saturated carbocycles. The fraction of sp³-hybridized carbons (Fsp3) is 0.400. The third kappa shape index (κ3) is 3.19. The van der Waals surface area contributed by atoms with Crippen LogP contribution in [0.3, 0.4) is 0 Å². The van der Waals surface area contributed by atoms with Crippen LogP contribution in [0.1, 0.15) is 29.2 Å². The van der Waals surface area contributed by atoms with Crippen molar-refractivity contribution in [2.24, 2.45) is 5.92 Å². The van der Waals surface area contributed by atoms with Crippen LogP contribution < -0.4 is 5.32 Å². The molecule has 0 amide bonds. The molecular weight excluding hydrogens is 254 g/mol. The summed E-state index contributed by atoms with van der Waals surface area (Å²) in [5.41, 5.74) is 6.00. The second-order valence-electron chi connectivity index (χ2n) is 6.23. The normalized spacial score (nSPS) is 15.9. The Kier molecular flexibility index (Phi) is 4.40. The number of hydrogen-bond donors (Lipinski definition) is 1. The minimum absolute atomic E-state index is 0.573. The van der Waals surface area contributed by atoms with Gasteiger partial charge in [0.25, 0.3) is 0 Å². The van der Waals surface area contributed by atoms with E-state index in [4.69, 9.17) is 0 Å². The van der Waals surface area contributed by atoms with Gasteiger partial charge in [0.2, 0.25) is 0 Å². The van der Waals surface area contributed by atoms with Gasteiger partial charge in [-0.1, -0.05) is 55.5 Å². The van der Waals surface area contributed by atoms with Gasteiger partial charge < -0.3 is 5.32 Å². The quantitative estimate of drug-likeness (QED) is 0.874. The predicted molar refractivity (Wildman–Crippen MR) is 89.7 cm³/mol. The standard InChI is InChI=1S/C20H25N/c1-3-21-20(14-16-9-5-4-8-15(16)2)19-12-17-10-6-7-11-18(17)13-19/h4-11,19-21H,3,12-14H2,1-2H3. The second kappa shape index (κ2) is 6.44. The summed E-state index contributed by atoms with van der Waals surface area (Å²) in [7, 11) is 0. The molecule has 2 aromatic rings. The smallest absolute Gasteiger partial charge is 0.0142 e. The highest BCUT2D eigenvalue weighted by Gasteiger charge is 2.28. The van der Waals surface area contributed by atoms with Gasteiger partial charge in [0, 0.05) is 6.04 Å². The fourth-order valence-corrected chi connectivity index (χ4v) is 3.62. The lowest BCUT2D eigenvalue weighted by atomic mass is 9.89. The van der Waals surface area contributed by atoms with Gasteiger partial charge >= 0.3 is 0 Å². The molecule has 2 aromatic carbocycles. The average molecular weight is 279 g/mol. The monoisotopic (exact) mass is 279 g/mol. The molecule has 0 spiro atoms. The topological polar surface area (TPSA) is 12.0 Å². The maximum absolute atomic E-state index is 3.74. The molecule has 21 heavy (non-hydrogen) atoms. The maximum atomic E-state index is 3.74. The van der Waals surface area contributed by atoms with Gasteiger partial charge in [0.05, 0.1) is 0 Å². The molecule has 1 unspecified atom stereocenters. The SMILES string of the molecule is CCNC(Cc1ccccc1C)C1Cc2ccccc2C1. The third-order valence-corrected chi connectivity index (χ3v) is 4.82. The van der Waals surface area contributed by atoms with Crippen LogP contribution in [0.2, 0.25) is 0 Å². The fourth-order valence-electron chi connectivity index (χ4n) is 3.62. The lowest BCUT2D eigenvalue weighted by molar-refractivity contribution is 0.367. The van der Waals surface area contributed by atoms with E-state index in [2.05, 4.69) is 67.7 Å². The minimum Gasteiger partial charge on any atom is -0.314 e. The van der Waals surface area contributed by atoms with Gasteiger partial charge in [0.15, 0.2) is 0 Å². The molecule has 0 bridgehead atoms. The molecule has 0 aromatic heterocycles. The lowest BCUT2D eigenvalue weighted by Crippen LogP contribution is -2.38. The summed E-state index contributed by atoms with van der Waals surface area (Å²) in [6, 6.07) is 18.3. The summed E-state index contributed by atoms with van der Waals surface area (Å²) in [6.07, 6.45) is 3.58. The minimum atomic E-state index is 0.573. The highest BCUT2D eigenvalue weighted by Crippen LogP contribution is 2.30. The van der Waals surface area contributed by atoms with Gasteiger partial charge in [-0.05, 0) is 60.9 Å². The molecule has 0 radical (unpaired) electrons. The summed E-state index contributed by atoms with van der Waals surface area (Å²) in [4.78, 5) is 0. The largest absolute Gasteiger partial charge is 0.314 e. The molecule has 0 aliphatic heterocycles. The molecule has 1 N–H and O–H groups in total. The first-order valence-electron chi connectivity index (χ1n) is 8.12. The lowest BCUT2D eigenvalue weighted by Gasteiger charge is -2.25. The molecule has 1 heteroatoms. The maximum Gasteiger partial charge on any atom is 0.0142 e. The number of likely N-dealkylation sites (N-methyl/N-ethyl adjacent to an activating group) is 1. The average Bonchev–Trinajstić information content (AvgIpc) is 2.93. The first-order valence-corrected chi connectivity index (χ1v) is 8.12. The number of benzene rings is 2. The molecule has 1 atom stereocenters. The zero-order valence-corrected chi connectivity index (χ0v) is 13.1. The van der Waals surface area contributed by atoms with Gasteiger partial charge in [-0.3, -0.25) is 0 Å². The second-order valence-corrected chi connectivity index (χ2v) is 6.23. The van der Waals surface area contributed by atoms with Crippen molar-refractivity contribution >= 4 is 0 Å². The van der Waals surface area contributed by atoms with Crippen molar-refractivity contribution in [1.29, 1.82) is 0 Å². The van der Waals surface area contributed by atoms with Crippen LogP contribution in [0.25, 0.3) is 0 Å². The van der Waals surface area contributed by atoms with Crippen LogP contribution in [0.15, 0.2) is 48.5 Å². The number of aryl methyl sites for hydroxylation is 1. The van der Waals surface area contributed by atoms with E-state index in [0.717, 1.165) is 18.9 Å². The van der Waals surface area contributed by atoms with Crippen molar-refractivity contribution < 1.29 is 0 Å². The highest BCUT2D eigenvalue weighted by molar-refractivity contribution is 5.33. The van der Waals surface area contributed by atoms with Crippen molar-refractivity contribution in [2.75, 3.05) is 6.54 Å². The van der Waals surface area contributed by atoms with Crippen molar-refractivity contribution in [1.82, 2.24) is 5.32 Å². The van der Waals surface area contributed by atoms with Crippen LogP contribution >= 0.6 is 0 Å². The van der Waals surface area contributed by atoms with Gasteiger partial charge in [-0.25, -0.2) is 0 Å². The Hall–Kier alpha value is -1.60. The van der Waals surface area contributed by atoms with E-state index in [0.29, 0.717) is 6.04 Å². The van der Waals surface area contributed by atoms with Crippen molar-refractivity contribution in [3.8, 4) is 0 Å². The Labute approximate surface area is 128 Å². The van der Waals surface area contributed by atoms with Crippen LogP contribution in [0, 0.1) is 12.8 Å². The number of rotatable bonds is 5. The van der Waals surface area contributed by atoms with E-state index in [1.807, 2.05) is 0 Å².